The molecule has 1 aliphatic heterocycles. The zero-order chi connectivity index (χ0) is 26.7. The van der Waals surface area contributed by atoms with Crippen molar-refractivity contribution in [3.05, 3.63) is 102 Å². The van der Waals surface area contributed by atoms with E-state index in [0.717, 1.165) is 22.4 Å². The number of carbonyl (C=O) groups is 3. The van der Waals surface area contributed by atoms with Crippen LogP contribution in [0.5, 0.6) is 5.75 Å². The van der Waals surface area contributed by atoms with E-state index in [1.807, 2.05) is 84.9 Å². The second kappa shape index (κ2) is 13.4. The number of nitrogens with one attached hydrogen (secondary N) is 2. The Morgan fingerprint density at radius 1 is 0.895 bits per heavy atom. The molecule has 1 saturated heterocycles. The molecule has 4 rings (SSSR count). The number of methoxy groups -OCH3 is 1. The van der Waals surface area contributed by atoms with Gasteiger partial charge in [0.1, 0.15) is 25.0 Å². The second-order valence-electron chi connectivity index (χ2n) is 9.20. The molecule has 0 saturated carbocycles. The molecule has 8 heteroatoms. The van der Waals surface area contributed by atoms with Crippen LogP contribution in [0.25, 0.3) is 0 Å². The molecule has 1 fully saturated rings. The van der Waals surface area contributed by atoms with Crippen molar-refractivity contribution in [1.82, 2.24) is 10.6 Å². The number of benzene rings is 3. The lowest BCUT2D eigenvalue weighted by atomic mass is 10.0. The van der Waals surface area contributed by atoms with E-state index in [-0.39, 0.29) is 25.4 Å². The smallest absolute Gasteiger partial charge is 0.323 e. The van der Waals surface area contributed by atoms with Crippen molar-refractivity contribution in [2.24, 2.45) is 0 Å². The van der Waals surface area contributed by atoms with Gasteiger partial charge in [-0.3, -0.25) is 19.7 Å². The normalized spacial score (nSPS) is 17.3. The Bertz CT molecular complexity index is 1200. The highest BCUT2D eigenvalue weighted by atomic mass is 16.5. The van der Waals surface area contributed by atoms with Gasteiger partial charge in [-0.05, 0) is 35.2 Å². The van der Waals surface area contributed by atoms with Gasteiger partial charge in [0.05, 0.1) is 19.6 Å². The summed E-state index contributed by atoms with van der Waals surface area (Å²) in [5.74, 6) is -0.334. The number of ether oxygens (including phenoxy) is 3. The van der Waals surface area contributed by atoms with Crippen LogP contribution in [0.1, 0.15) is 29.5 Å². The number of amides is 1. The number of carbonyl (C=O) groups excluding carboxylic acids is 3. The van der Waals surface area contributed by atoms with E-state index in [1.165, 1.54) is 7.11 Å². The summed E-state index contributed by atoms with van der Waals surface area (Å²) in [5, 5.41) is 6.06. The molecule has 3 aromatic rings. The van der Waals surface area contributed by atoms with E-state index in [9.17, 15) is 14.4 Å². The Morgan fingerprint density at radius 2 is 1.53 bits per heavy atom. The number of esters is 2. The highest BCUT2D eigenvalue weighted by Crippen LogP contribution is 2.18. The zero-order valence-electron chi connectivity index (χ0n) is 21.3. The van der Waals surface area contributed by atoms with E-state index in [2.05, 4.69) is 10.6 Å². The summed E-state index contributed by atoms with van der Waals surface area (Å²) in [6.45, 7) is 0.624. The van der Waals surface area contributed by atoms with Crippen molar-refractivity contribution in [3.8, 4) is 5.75 Å². The third-order valence-corrected chi connectivity index (χ3v) is 6.38. The molecule has 1 amide bonds. The minimum atomic E-state index is -0.698. The van der Waals surface area contributed by atoms with Crippen molar-refractivity contribution in [2.45, 2.75) is 50.6 Å². The minimum Gasteiger partial charge on any atom is -0.489 e. The SMILES string of the molecule is COC(=O)C(Cc1ccc(OCc2ccccc2)cc1)N[C@H]1CC(=O)N[C@H]1CC(=O)OCc1ccccc1. The van der Waals surface area contributed by atoms with Crippen LogP contribution in [-0.2, 0) is 43.5 Å². The quantitative estimate of drug-likeness (QED) is 0.356. The topological polar surface area (TPSA) is 103 Å². The Kier molecular flexibility index (Phi) is 9.48. The third kappa shape index (κ3) is 7.91. The first kappa shape index (κ1) is 26.9. The maximum absolute atomic E-state index is 12.6. The summed E-state index contributed by atoms with van der Waals surface area (Å²) in [4.78, 5) is 37.2. The molecular formula is C30H32N2O6. The van der Waals surface area contributed by atoms with E-state index < -0.39 is 30.1 Å². The molecule has 3 aromatic carbocycles. The molecule has 0 radical (unpaired) electrons. The summed E-state index contributed by atoms with van der Waals surface area (Å²) >= 11 is 0. The van der Waals surface area contributed by atoms with Crippen LogP contribution in [0.2, 0.25) is 0 Å². The first-order chi connectivity index (χ1) is 18.5. The third-order valence-electron chi connectivity index (χ3n) is 6.38. The molecule has 0 aliphatic carbocycles. The summed E-state index contributed by atoms with van der Waals surface area (Å²) in [6.07, 6.45) is 0.496. The molecule has 0 spiro atoms. The van der Waals surface area contributed by atoms with E-state index in [4.69, 9.17) is 14.2 Å². The number of rotatable bonds is 12. The van der Waals surface area contributed by atoms with Crippen molar-refractivity contribution >= 4 is 17.8 Å². The predicted octanol–water partition coefficient (Wildman–Crippen LogP) is 3.33. The fraction of sp³-hybridized carbons (Fsp3) is 0.300. The van der Waals surface area contributed by atoms with Gasteiger partial charge in [0, 0.05) is 12.5 Å². The minimum absolute atomic E-state index is 0.00240. The molecule has 0 bridgehead atoms. The average molecular weight is 517 g/mol. The Morgan fingerprint density at radius 3 is 2.16 bits per heavy atom. The van der Waals surface area contributed by atoms with Crippen LogP contribution in [-0.4, -0.2) is 43.1 Å². The van der Waals surface area contributed by atoms with Gasteiger partial charge >= 0.3 is 11.9 Å². The van der Waals surface area contributed by atoms with Gasteiger partial charge in [-0.2, -0.15) is 0 Å². The Balaban J connectivity index is 1.33. The lowest BCUT2D eigenvalue weighted by Crippen LogP contribution is -2.50. The van der Waals surface area contributed by atoms with Crippen molar-refractivity contribution in [3.63, 3.8) is 0 Å². The second-order valence-corrected chi connectivity index (χ2v) is 9.20. The summed E-state index contributed by atoms with van der Waals surface area (Å²) in [5.41, 5.74) is 2.86. The summed E-state index contributed by atoms with van der Waals surface area (Å²) in [7, 11) is 1.33. The van der Waals surface area contributed by atoms with Crippen molar-refractivity contribution in [2.75, 3.05) is 7.11 Å². The fourth-order valence-electron chi connectivity index (χ4n) is 4.36. The van der Waals surface area contributed by atoms with Crippen LogP contribution in [0.15, 0.2) is 84.9 Å². The molecule has 1 aliphatic rings. The highest BCUT2D eigenvalue weighted by Gasteiger charge is 2.37. The molecule has 1 unspecified atom stereocenters. The Hall–Kier alpha value is -4.17. The van der Waals surface area contributed by atoms with Gasteiger partial charge in [0.2, 0.25) is 5.91 Å². The highest BCUT2D eigenvalue weighted by molar-refractivity contribution is 5.82. The fourth-order valence-corrected chi connectivity index (χ4v) is 4.36. The first-order valence-corrected chi connectivity index (χ1v) is 12.6. The summed E-state index contributed by atoms with van der Waals surface area (Å²) in [6, 6.07) is 25.2. The molecule has 2 N–H and O–H groups in total. The molecule has 1 heterocycles. The molecular weight excluding hydrogens is 484 g/mol. The van der Waals surface area contributed by atoms with E-state index >= 15 is 0 Å². The Labute approximate surface area is 222 Å². The van der Waals surface area contributed by atoms with Gasteiger partial charge in [-0.1, -0.05) is 72.8 Å². The maximum Gasteiger partial charge on any atom is 0.323 e. The van der Waals surface area contributed by atoms with Gasteiger partial charge in [0.25, 0.3) is 0 Å². The van der Waals surface area contributed by atoms with Crippen LogP contribution >= 0.6 is 0 Å². The largest absolute Gasteiger partial charge is 0.489 e. The van der Waals surface area contributed by atoms with Crippen LogP contribution in [0.3, 0.4) is 0 Å². The molecule has 0 aromatic heterocycles. The van der Waals surface area contributed by atoms with Crippen LogP contribution < -0.4 is 15.4 Å². The molecule has 8 nitrogen and oxygen atoms in total. The maximum atomic E-state index is 12.6. The average Bonchev–Trinajstić information content (AvgIpc) is 3.29. The van der Waals surface area contributed by atoms with Crippen LogP contribution in [0.4, 0.5) is 0 Å². The van der Waals surface area contributed by atoms with Gasteiger partial charge < -0.3 is 19.5 Å². The lowest BCUT2D eigenvalue weighted by molar-refractivity contribution is -0.145. The van der Waals surface area contributed by atoms with Crippen LogP contribution in [0, 0.1) is 0 Å². The monoisotopic (exact) mass is 516 g/mol. The van der Waals surface area contributed by atoms with Gasteiger partial charge in [0.15, 0.2) is 0 Å². The van der Waals surface area contributed by atoms with Gasteiger partial charge in [-0.25, -0.2) is 0 Å². The predicted molar refractivity (Wildman–Crippen MR) is 141 cm³/mol. The van der Waals surface area contributed by atoms with E-state index in [1.54, 1.807) is 0 Å². The zero-order valence-corrected chi connectivity index (χ0v) is 21.3. The lowest BCUT2D eigenvalue weighted by Gasteiger charge is -2.25. The number of hydrogen-bond donors (Lipinski definition) is 2. The van der Waals surface area contributed by atoms with Gasteiger partial charge in [-0.15, -0.1) is 0 Å². The van der Waals surface area contributed by atoms with E-state index in [0.29, 0.717) is 13.0 Å². The standard InChI is InChI=1S/C30H32N2O6/c1-36-30(35)27(16-21-12-14-24(15-13-21)37-19-22-8-4-2-5-9-22)31-25-17-28(33)32-26(25)18-29(34)38-20-23-10-6-3-7-11-23/h2-15,25-27,31H,16-20H2,1H3,(H,32,33)/t25-,26-,27?/m0/s1. The molecule has 38 heavy (non-hydrogen) atoms. The molecule has 3 atom stereocenters. The summed E-state index contributed by atoms with van der Waals surface area (Å²) < 4.78 is 16.2. The molecule has 198 valence electrons. The first-order valence-electron chi connectivity index (χ1n) is 12.6. The van der Waals surface area contributed by atoms with Crippen molar-refractivity contribution in [1.29, 1.82) is 0 Å². The number of hydrogen-bond acceptors (Lipinski definition) is 7. The van der Waals surface area contributed by atoms with Crippen molar-refractivity contribution < 1.29 is 28.6 Å².